The normalized spacial score (nSPS) is 27.2. The summed E-state index contributed by atoms with van der Waals surface area (Å²) in [7, 11) is 0. The number of carbonyl (C=O) groups excluding carboxylic acids is 2. The van der Waals surface area contributed by atoms with Gasteiger partial charge in [0.05, 0.1) is 34.3 Å². The summed E-state index contributed by atoms with van der Waals surface area (Å²) < 4.78 is 42.2. The Bertz CT molecular complexity index is 1880. The maximum atomic E-state index is 14.6. The first kappa shape index (κ1) is 21.2. The summed E-state index contributed by atoms with van der Waals surface area (Å²) in [5, 5.41) is 25.3. The average molecular weight is 505 g/mol. The molecule has 3 aliphatic rings. The van der Waals surface area contributed by atoms with Crippen LogP contribution in [-0.4, -0.2) is 62.6 Å². The summed E-state index contributed by atoms with van der Waals surface area (Å²) >= 11 is 0. The van der Waals surface area contributed by atoms with Crippen molar-refractivity contribution in [3.05, 3.63) is 59.2 Å². The number of fused-ring (bicyclic) bond motifs is 12. The number of halogens is 2. The average Bonchev–Trinajstić information content (AvgIpc) is 3.55. The molecule has 4 N–H and O–H groups in total. The van der Waals surface area contributed by atoms with Crippen LogP contribution in [0.15, 0.2) is 36.4 Å². The molecule has 5 heterocycles. The van der Waals surface area contributed by atoms with Crippen LogP contribution >= 0.6 is 0 Å². The van der Waals surface area contributed by atoms with Gasteiger partial charge >= 0.3 is 0 Å². The lowest BCUT2D eigenvalue weighted by Gasteiger charge is -2.36. The number of carbonyl (C=O) groups is 2. The number of rotatable bonds is 1. The summed E-state index contributed by atoms with van der Waals surface area (Å²) in [5.74, 6) is -2.39. The van der Waals surface area contributed by atoms with Crippen molar-refractivity contribution in [1.82, 2.24) is 14.9 Å². The number of nitrogens with one attached hydrogen (secondary N) is 2. The van der Waals surface area contributed by atoms with Crippen LogP contribution < -0.4 is 5.32 Å². The highest BCUT2D eigenvalue weighted by atomic mass is 19.1. The Balaban J connectivity index is 1.61. The number of hydrogen-bond donors (Lipinski definition) is 4. The number of hydrogen-bond acceptors (Lipinski definition) is 6. The van der Waals surface area contributed by atoms with E-state index in [0.717, 1.165) is 0 Å². The third-order valence-electron chi connectivity index (χ3n) is 7.76. The Kier molecular flexibility index (Phi) is 3.95. The molecular formula is C26H17F2N3O6. The Morgan fingerprint density at radius 2 is 1.62 bits per heavy atom. The molecule has 37 heavy (non-hydrogen) atoms. The summed E-state index contributed by atoms with van der Waals surface area (Å²) in [6.07, 6.45) is -5.03. The van der Waals surface area contributed by atoms with Crippen LogP contribution in [0.1, 0.15) is 26.9 Å². The second-order valence-electron chi connectivity index (χ2n) is 9.70. The molecule has 3 aliphatic heterocycles. The maximum Gasteiger partial charge on any atom is 0.259 e. The van der Waals surface area contributed by atoms with E-state index in [4.69, 9.17) is 9.47 Å². The van der Waals surface area contributed by atoms with E-state index >= 15 is 0 Å². The van der Waals surface area contributed by atoms with E-state index in [0.29, 0.717) is 43.6 Å². The number of aliphatic hydroxyl groups excluding tert-OH is 2. The molecule has 8 rings (SSSR count). The second kappa shape index (κ2) is 6.90. The lowest BCUT2D eigenvalue weighted by molar-refractivity contribution is -0.192. The molecule has 3 aromatic carbocycles. The third kappa shape index (κ3) is 2.54. The summed E-state index contributed by atoms with van der Waals surface area (Å²) in [6, 6.07) is 8.09. The van der Waals surface area contributed by atoms with E-state index in [1.165, 1.54) is 36.4 Å². The molecule has 2 bridgehead atoms. The molecule has 0 unspecified atom stereocenters. The zero-order valence-corrected chi connectivity index (χ0v) is 18.8. The van der Waals surface area contributed by atoms with E-state index in [1.54, 1.807) is 4.57 Å². The number of imide groups is 1. The van der Waals surface area contributed by atoms with Crippen molar-refractivity contribution in [2.75, 3.05) is 6.61 Å². The zero-order valence-electron chi connectivity index (χ0n) is 18.8. The fourth-order valence-electron chi connectivity index (χ4n) is 6.25. The number of amides is 2. The molecule has 186 valence electrons. The van der Waals surface area contributed by atoms with Crippen molar-refractivity contribution in [2.45, 2.75) is 30.6 Å². The molecule has 11 heteroatoms. The van der Waals surface area contributed by atoms with Crippen LogP contribution in [0.5, 0.6) is 0 Å². The predicted octanol–water partition coefficient (Wildman–Crippen LogP) is 2.61. The Labute approximate surface area is 205 Å². The maximum absolute atomic E-state index is 14.6. The van der Waals surface area contributed by atoms with E-state index in [-0.39, 0.29) is 17.7 Å². The largest absolute Gasteiger partial charge is 0.387 e. The van der Waals surface area contributed by atoms with Gasteiger partial charge in [0.25, 0.3) is 11.8 Å². The quantitative estimate of drug-likeness (QED) is 0.260. The molecule has 5 atom stereocenters. The van der Waals surface area contributed by atoms with Crippen LogP contribution in [0.25, 0.3) is 43.6 Å². The van der Waals surface area contributed by atoms with E-state index in [9.17, 15) is 28.6 Å². The van der Waals surface area contributed by atoms with Crippen molar-refractivity contribution in [1.29, 1.82) is 0 Å². The summed E-state index contributed by atoms with van der Waals surface area (Å²) in [5.41, 5.74) is 1.82. The van der Waals surface area contributed by atoms with Gasteiger partial charge in [-0.15, -0.1) is 0 Å². The third-order valence-corrected chi connectivity index (χ3v) is 7.76. The van der Waals surface area contributed by atoms with Crippen LogP contribution in [0.4, 0.5) is 8.78 Å². The first-order chi connectivity index (χ1) is 17.8. The topological polar surface area (TPSA) is 126 Å². The summed E-state index contributed by atoms with van der Waals surface area (Å²) in [4.78, 5) is 29.4. The highest BCUT2D eigenvalue weighted by Gasteiger charge is 2.51. The molecule has 0 spiro atoms. The summed E-state index contributed by atoms with van der Waals surface area (Å²) in [6.45, 7) is 0.0819. The number of H-pyrrole nitrogens is 1. The fraction of sp³-hybridized carbons (Fsp3) is 0.231. The molecule has 0 aliphatic carbocycles. The van der Waals surface area contributed by atoms with Crippen molar-refractivity contribution in [2.24, 2.45) is 0 Å². The minimum atomic E-state index is -1.31. The monoisotopic (exact) mass is 505 g/mol. The van der Waals surface area contributed by atoms with Gasteiger partial charge in [0, 0.05) is 27.1 Å². The van der Waals surface area contributed by atoms with Crippen LogP contribution in [0, 0.1) is 11.6 Å². The van der Waals surface area contributed by atoms with Crippen LogP contribution in [-0.2, 0) is 9.47 Å². The van der Waals surface area contributed by atoms with Crippen molar-refractivity contribution < 1.29 is 38.1 Å². The SMILES string of the molecule is O=C1NC(=O)c2c1c1c3cc(F)ccc3[nH]c1c1c2c2cc(F)ccc2n1[C@H]1O[C@@H]2CO[C@H]([C@H]1O)[C@@H]2O. The van der Waals surface area contributed by atoms with E-state index in [2.05, 4.69) is 10.3 Å². The molecule has 9 nitrogen and oxygen atoms in total. The molecular weight excluding hydrogens is 488 g/mol. The van der Waals surface area contributed by atoms with E-state index < -0.39 is 54.1 Å². The van der Waals surface area contributed by atoms with Gasteiger partial charge in [0.15, 0.2) is 6.23 Å². The number of aromatic amines is 1. The van der Waals surface area contributed by atoms with Gasteiger partial charge in [-0.05, 0) is 36.4 Å². The number of aromatic nitrogens is 2. The first-order valence-electron chi connectivity index (χ1n) is 11.7. The van der Waals surface area contributed by atoms with Crippen LogP contribution in [0.2, 0.25) is 0 Å². The number of ether oxygens (including phenoxy) is 2. The molecule has 0 saturated carbocycles. The second-order valence-corrected chi connectivity index (χ2v) is 9.70. The Hall–Kier alpha value is -3.90. The van der Waals surface area contributed by atoms with Gasteiger partial charge in [0.2, 0.25) is 0 Å². The van der Waals surface area contributed by atoms with E-state index in [1.807, 2.05) is 0 Å². The lowest BCUT2D eigenvalue weighted by atomic mass is 9.96. The molecule has 2 aromatic heterocycles. The minimum absolute atomic E-state index is 0.0385. The minimum Gasteiger partial charge on any atom is -0.387 e. The highest BCUT2D eigenvalue weighted by Crippen LogP contribution is 2.47. The Morgan fingerprint density at radius 1 is 0.919 bits per heavy atom. The number of benzene rings is 3. The molecule has 0 radical (unpaired) electrons. The van der Waals surface area contributed by atoms with Gasteiger partial charge in [-0.2, -0.15) is 0 Å². The lowest BCUT2D eigenvalue weighted by Crippen LogP contribution is -2.50. The number of nitrogens with zero attached hydrogens (tertiary/aromatic N) is 1. The van der Waals surface area contributed by atoms with Crippen molar-refractivity contribution in [3.8, 4) is 0 Å². The fourth-order valence-corrected chi connectivity index (χ4v) is 6.25. The standard InChI is InChI=1S/C26H17F2N3O6/c27-8-1-3-12-10(5-8)15-17-18(25(35)30-24(17)34)16-11-6-9(28)2-4-13(11)31(20(16)19(15)29-12)26-22(33)23-21(32)14(37-26)7-36-23/h1-6,14,21-23,26,29,32-33H,7H2,(H,30,34,35)/t14-,21-,22-,23+,26+/m1/s1. The first-order valence-corrected chi connectivity index (χ1v) is 11.7. The van der Waals surface area contributed by atoms with Gasteiger partial charge in [0.1, 0.15) is 36.1 Å². The zero-order chi connectivity index (χ0) is 25.3. The van der Waals surface area contributed by atoms with Gasteiger partial charge in [-0.3, -0.25) is 14.9 Å². The predicted molar refractivity (Wildman–Crippen MR) is 126 cm³/mol. The van der Waals surface area contributed by atoms with Gasteiger partial charge in [-0.25, -0.2) is 8.78 Å². The molecule has 5 aromatic rings. The van der Waals surface area contributed by atoms with Crippen molar-refractivity contribution in [3.63, 3.8) is 0 Å². The molecule has 2 amide bonds. The van der Waals surface area contributed by atoms with Crippen LogP contribution in [0.3, 0.4) is 0 Å². The highest BCUT2D eigenvalue weighted by molar-refractivity contribution is 6.39. The smallest absolute Gasteiger partial charge is 0.259 e. The van der Waals surface area contributed by atoms with Crippen molar-refractivity contribution >= 4 is 55.4 Å². The molecule has 2 saturated heterocycles. The molecule has 2 fully saturated rings. The van der Waals surface area contributed by atoms with Gasteiger partial charge < -0.3 is 29.2 Å². The Morgan fingerprint density at radius 3 is 2.41 bits per heavy atom. The van der Waals surface area contributed by atoms with Gasteiger partial charge in [-0.1, -0.05) is 0 Å². The number of aliphatic hydroxyl groups is 2.